The summed E-state index contributed by atoms with van der Waals surface area (Å²) in [5.41, 5.74) is 3.56. The van der Waals surface area contributed by atoms with Crippen LogP contribution in [-0.2, 0) is 4.74 Å². The maximum Gasteiger partial charge on any atom is 0.408 e. The summed E-state index contributed by atoms with van der Waals surface area (Å²) in [6, 6.07) is 6.44. The summed E-state index contributed by atoms with van der Waals surface area (Å²) in [4.78, 5) is 38.4. The van der Waals surface area contributed by atoms with E-state index in [-0.39, 0.29) is 18.4 Å². The fourth-order valence-corrected chi connectivity index (χ4v) is 3.44. The van der Waals surface area contributed by atoms with Crippen LogP contribution in [0.4, 0.5) is 4.79 Å². The molecule has 1 aliphatic rings. The number of alkyl carbamates (subject to hydrolysis) is 1. The van der Waals surface area contributed by atoms with Crippen molar-refractivity contribution in [2.45, 2.75) is 64.9 Å². The Bertz CT molecular complexity index is 821. The number of imide groups is 1. The normalized spacial score (nSPS) is 14.8. The highest BCUT2D eigenvalue weighted by atomic mass is 28.3. The third kappa shape index (κ3) is 6.75. The largest absolute Gasteiger partial charge is 0.444 e. The first kappa shape index (κ1) is 22.7. The molecular weight excluding hydrogens is 384 g/mol. The zero-order chi connectivity index (χ0) is 21.8. The van der Waals surface area contributed by atoms with E-state index in [0.29, 0.717) is 24.0 Å². The van der Waals surface area contributed by atoms with Crippen LogP contribution in [0.25, 0.3) is 0 Å². The standard InChI is InChI=1S/C22H30N2O4Si/c1-22(2,3)28-21(27)23-16(13-15-29(4,5)6)10-9-14-24-19(25)17-11-7-8-12-18(17)20(24)26/h7-8,11-12,16H,9-10,14H2,1-6H3,(H,23,27)/t16-/m1/s1. The second-order valence-corrected chi connectivity index (χ2v) is 13.9. The van der Waals surface area contributed by atoms with Gasteiger partial charge in [-0.05, 0) is 45.7 Å². The van der Waals surface area contributed by atoms with E-state index in [1.54, 1.807) is 45.0 Å². The van der Waals surface area contributed by atoms with Crippen LogP contribution in [0.5, 0.6) is 0 Å². The maximum absolute atomic E-state index is 12.5. The van der Waals surface area contributed by atoms with Gasteiger partial charge < -0.3 is 10.1 Å². The van der Waals surface area contributed by atoms with E-state index in [0.717, 1.165) is 0 Å². The molecule has 1 N–H and O–H groups in total. The number of amides is 3. The van der Waals surface area contributed by atoms with E-state index in [4.69, 9.17) is 4.74 Å². The van der Waals surface area contributed by atoms with Gasteiger partial charge in [0.15, 0.2) is 0 Å². The van der Waals surface area contributed by atoms with E-state index in [2.05, 4.69) is 36.4 Å². The molecular formula is C22H30N2O4Si. The average Bonchev–Trinajstić information content (AvgIpc) is 2.82. The number of nitrogens with one attached hydrogen (secondary N) is 1. The highest BCUT2D eigenvalue weighted by Crippen LogP contribution is 2.22. The molecule has 0 aliphatic carbocycles. The van der Waals surface area contributed by atoms with Crippen LogP contribution in [0.2, 0.25) is 19.6 Å². The van der Waals surface area contributed by atoms with Gasteiger partial charge in [0, 0.05) is 6.54 Å². The Balaban J connectivity index is 2.00. The fourth-order valence-electron chi connectivity index (χ4n) is 2.83. The van der Waals surface area contributed by atoms with Crippen molar-refractivity contribution in [2.24, 2.45) is 0 Å². The SMILES string of the molecule is CC(C)(C)OC(=O)N[C@@H](C#C[Si](C)(C)C)CCCN1C(=O)c2ccccc2C1=O. The molecule has 0 aromatic heterocycles. The van der Waals surface area contributed by atoms with E-state index in [1.807, 2.05) is 0 Å². The van der Waals surface area contributed by atoms with Gasteiger partial charge in [-0.3, -0.25) is 14.5 Å². The fraction of sp³-hybridized carbons (Fsp3) is 0.500. The molecule has 6 nitrogen and oxygen atoms in total. The van der Waals surface area contributed by atoms with Gasteiger partial charge in [0.05, 0.1) is 17.2 Å². The summed E-state index contributed by atoms with van der Waals surface area (Å²) >= 11 is 0. The molecule has 1 atom stereocenters. The summed E-state index contributed by atoms with van der Waals surface area (Å²) < 4.78 is 5.33. The molecule has 7 heteroatoms. The monoisotopic (exact) mass is 414 g/mol. The summed E-state index contributed by atoms with van der Waals surface area (Å²) in [6.07, 6.45) is 0.532. The second kappa shape index (κ2) is 8.83. The number of hydrogen-bond donors (Lipinski definition) is 1. The highest BCUT2D eigenvalue weighted by Gasteiger charge is 2.34. The van der Waals surface area contributed by atoms with Crippen LogP contribution < -0.4 is 5.32 Å². The van der Waals surface area contributed by atoms with E-state index in [9.17, 15) is 14.4 Å². The predicted octanol–water partition coefficient (Wildman–Crippen LogP) is 3.84. The van der Waals surface area contributed by atoms with Crippen molar-refractivity contribution in [3.8, 4) is 11.5 Å². The number of hydrogen-bond acceptors (Lipinski definition) is 4. The number of ether oxygens (including phenoxy) is 1. The van der Waals surface area contributed by atoms with Crippen LogP contribution in [-0.4, -0.2) is 49.1 Å². The first-order valence-electron chi connectivity index (χ1n) is 9.85. The van der Waals surface area contributed by atoms with Crippen molar-refractivity contribution in [1.82, 2.24) is 10.2 Å². The Labute approximate surface area is 174 Å². The van der Waals surface area contributed by atoms with E-state index >= 15 is 0 Å². The Morgan fingerprint density at radius 1 is 1.14 bits per heavy atom. The lowest BCUT2D eigenvalue weighted by molar-refractivity contribution is 0.0508. The van der Waals surface area contributed by atoms with Crippen molar-refractivity contribution in [1.29, 1.82) is 0 Å². The minimum absolute atomic E-state index is 0.268. The minimum atomic E-state index is -1.62. The van der Waals surface area contributed by atoms with Gasteiger partial charge in [-0.2, -0.15) is 0 Å². The third-order valence-electron chi connectivity index (χ3n) is 4.07. The van der Waals surface area contributed by atoms with Crippen LogP contribution >= 0.6 is 0 Å². The summed E-state index contributed by atoms with van der Waals surface area (Å²) in [7, 11) is -1.62. The molecule has 2 rings (SSSR count). The molecule has 3 amide bonds. The van der Waals surface area contributed by atoms with Crippen LogP contribution in [0, 0.1) is 11.5 Å². The average molecular weight is 415 g/mol. The highest BCUT2D eigenvalue weighted by molar-refractivity contribution is 6.83. The summed E-state index contributed by atoms with van der Waals surface area (Å²) in [5.74, 6) is 2.62. The third-order valence-corrected chi connectivity index (χ3v) is 4.96. The number of carbonyl (C=O) groups excluding carboxylic acids is 3. The van der Waals surface area contributed by atoms with E-state index in [1.165, 1.54) is 4.90 Å². The number of rotatable bonds is 5. The number of carbonyl (C=O) groups is 3. The summed E-state index contributed by atoms with van der Waals surface area (Å²) in [6.45, 7) is 12.1. The molecule has 1 heterocycles. The second-order valence-electron chi connectivity index (χ2n) is 9.17. The molecule has 0 bridgehead atoms. The maximum atomic E-state index is 12.5. The first-order chi connectivity index (χ1) is 13.4. The molecule has 0 spiro atoms. The zero-order valence-corrected chi connectivity index (χ0v) is 19.1. The Hall–Kier alpha value is -2.59. The lowest BCUT2D eigenvalue weighted by Crippen LogP contribution is -2.39. The van der Waals surface area contributed by atoms with Gasteiger partial charge in [-0.1, -0.05) is 37.7 Å². The van der Waals surface area contributed by atoms with Crippen LogP contribution in [0.3, 0.4) is 0 Å². The van der Waals surface area contributed by atoms with Crippen LogP contribution in [0.1, 0.15) is 54.3 Å². The van der Waals surface area contributed by atoms with Crippen LogP contribution in [0.15, 0.2) is 24.3 Å². The topological polar surface area (TPSA) is 75.7 Å². The minimum Gasteiger partial charge on any atom is -0.444 e. The van der Waals surface area contributed by atoms with Crippen molar-refractivity contribution >= 4 is 26.0 Å². The Kier molecular flexibility index (Phi) is 6.91. The van der Waals surface area contributed by atoms with Gasteiger partial charge in [-0.15, -0.1) is 5.54 Å². The first-order valence-corrected chi connectivity index (χ1v) is 13.3. The number of nitrogens with zero attached hydrogens (tertiary/aromatic N) is 1. The Morgan fingerprint density at radius 3 is 2.17 bits per heavy atom. The van der Waals surface area contributed by atoms with Gasteiger partial charge in [-0.25, -0.2) is 4.79 Å². The zero-order valence-electron chi connectivity index (χ0n) is 18.1. The molecule has 1 aliphatic heterocycles. The van der Waals surface area contributed by atoms with Gasteiger partial charge in [0.1, 0.15) is 13.7 Å². The number of benzene rings is 1. The van der Waals surface area contributed by atoms with Crippen molar-refractivity contribution < 1.29 is 19.1 Å². The smallest absolute Gasteiger partial charge is 0.408 e. The van der Waals surface area contributed by atoms with Crippen molar-refractivity contribution in [2.75, 3.05) is 6.54 Å². The quantitative estimate of drug-likeness (QED) is 0.451. The summed E-state index contributed by atoms with van der Waals surface area (Å²) in [5, 5.41) is 2.81. The molecule has 0 fully saturated rings. The van der Waals surface area contributed by atoms with Gasteiger partial charge in [0.25, 0.3) is 11.8 Å². The molecule has 1 aromatic rings. The molecule has 156 valence electrons. The predicted molar refractivity (Wildman–Crippen MR) is 115 cm³/mol. The molecule has 0 radical (unpaired) electrons. The molecule has 29 heavy (non-hydrogen) atoms. The molecule has 0 unspecified atom stereocenters. The molecule has 0 saturated carbocycles. The lowest BCUT2D eigenvalue weighted by Gasteiger charge is -2.22. The lowest BCUT2D eigenvalue weighted by atomic mass is 10.1. The van der Waals surface area contributed by atoms with Gasteiger partial charge >= 0.3 is 6.09 Å². The molecule has 0 saturated heterocycles. The van der Waals surface area contributed by atoms with Gasteiger partial charge in [0.2, 0.25) is 0 Å². The Morgan fingerprint density at radius 2 is 1.69 bits per heavy atom. The molecule has 1 aromatic carbocycles. The van der Waals surface area contributed by atoms with E-state index < -0.39 is 25.8 Å². The number of fused-ring (bicyclic) bond motifs is 1. The van der Waals surface area contributed by atoms with Crippen molar-refractivity contribution in [3.05, 3.63) is 35.4 Å². The van der Waals surface area contributed by atoms with Crippen molar-refractivity contribution in [3.63, 3.8) is 0 Å².